The number of amides is 1. The average Bonchev–Trinajstić information content (AvgIpc) is 2.42. The van der Waals surface area contributed by atoms with Gasteiger partial charge in [-0.2, -0.15) is 0 Å². The molecule has 0 saturated carbocycles. The van der Waals surface area contributed by atoms with Gasteiger partial charge < -0.3 is 10.4 Å². The fourth-order valence-electron chi connectivity index (χ4n) is 1.90. The van der Waals surface area contributed by atoms with E-state index < -0.39 is 0 Å². The standard InChI is InChI=1S/C15H23NO2/c1-2-3-4-8-11-15(18)16-14(12-17)13-9-6-5-7-10-13/h5-7,9-10,14,17H,2-4,8,11-12H2,1H3,(H,16,18). The normalized spacial score (nSPS) is 12.1. The lowest BCUT2D eigenvalue weighted by Crippen LogP contribution is -2.30. The van der Waals surface area contributed by atoms with Crippen LogP contribution in [0.15, 0.2) is 30.3 Å². The van der Waals surface area contributed by atoms with Crippen LogP contribution in [0.2, 0.25) is 0 Å². The molecule has 1 atom stereocenters. The lowest BCUT2D eigenvalue weighted by molar-refractivity contribution is -0.122. The third-order valence-corrected chi connectivity index (χ3v) is 2.98. The van der Waals surface area contributed by atoms with Crippen molar-refractivity contribution in [3.63, 3.8) is 0 Å². The third-order valence-electron chi connectivity index (χ3n) is 2.98. The molecule has 0 radical (unpaired) electrons. The first-order valence-electron chi connectivity index (χ1n) is 6.73. The molecular weight excluding hydrogens is 226 g/mol. The first-order valence-corrected chi connectivity index (χ1v) is 6.73. The zero-order chi connectivity index (χ0) is 13.2. The molecule has 1 aromatic carbocycles. The molecule has 0 aliphatic rings. The summed E-state index contributed by atoms with van der Waals surface area (Å²) in [6.45, 7) is 2.09. The van der Waals surface area contributed by atoms with E-state index in [9.17, 15) is 9.90 Å². The summed E-state index contributed by atoms with van der Waals surface area (Å²) in [5.41, 5.74) is 0.946. The molecule has 0 bridgehead atoms. The summed E-state index contributed by atoms with van der Waals surface area (Å²) in [5.74, 6) is 0.0222. The first kappa shape index (κ1) is 14.7. The average molecular weight is 249 g/mol. The van der Waals surface area contributed by atoms with E-state index in [2.05, 4.69) is 12.2 Å². The van der Waals surface area contributed by atoms with Crippen LogP contribution in [0.5, 0.6) is 0 Å². The van der Waals surface area contributed by atoms with Crippen molar-refractivity contribution in [3.8, 4) is 0 Å². The Morgan fingerprint density at radius 2 is 1.94 bits per heavy atom. The van der Waals surface area contributed by atoms with E-state index in [4.69, 9.17) is 0 Å². The maximum atomic E-state index is 11.7. The molecular formula is C15H23NO2. The molecule has 3 heteroatoms. The zero-order valence-corrected chi connectivity index (χ0v) is 11.1. The molecule has 0 heterocycles. The molecule has 3 nitrogen and oxygen atoms in total. The number of unbranched alkanes of at least 4 members (excludes halogenated alkanes) is 3. The van der Waals surface area contributed by atoms with Gasteiger partial charge in [0, 0.05) is 6.42 Å². The minimum atomic E-state index is -0.287. The van der Waals surface area contributed by atoms with Gasteiger partial charge in [0.2, 0.25) is 5.91 Å². The van der Waals surface area contributed by atoms with Crippen LogP contribution in [-0.4, -0.2) is 17.6 Å². The predicted molar refractivity (Wildman–Crippen MR) is 73.2 cm³/mol. The molecule has 18 heavy (non-hydrogen) atoms. The second-order valence-corrected chi connectivity index (χ2v) is 4.52. The van der Waals surface area contributed by atoms with E-state index in [1.165, 1.54) is 12.8 Å². The number of hydrogen-bond donors (Lipinski definition) is 2. The van der Waals surface area contributed by atoms with Gasteiger partial charge in [-0.1, -0.05) is 56.5 Å². The van der Waals surface area contributed by atoms with Crippen LogP contribution < -0.4 is 5.32 Å². The zero-order valence-electron chi connectivity index (χ0n) is 11.1. The highest BCUT2D eigenvalue weighted by Gasteiger charge is 2.12. The fraction of sp³-hybridized carbons (Fsp3) is 0.533. The SMILES string of the molecule is CCCCCCC(=O)NC(CO)c1ccccc1. The highest BCUT2D eigenvalue weighted by atomic mass is 16.3. The van der Waals surface area contributed by atoms with E-state index in [1.54, 1.807) is 0 Å². The molecule has 0 spiro atoms. The largest absolute Gasteiger partial charge is 0.394 e. The van der Waals surface area contributed by atoms with Gasteiger partial charge in [-0.3, -0.25) is 4.79 Å². The van der Waals surface area contributed by atoms with Crippen molar-refractivity contribution < 1.29 is 9.90 Å². The van der Waals surface area contributed by atoms with Crippen LogP contribution in [0.3, 0.4) is 0 Å². The van der Waals surface area contributed by atoms with Crippen molar-refractivity contribution in [2.24, 2.45) is 0 Å². The second-order valence-electron chi connectivity index (χ2n) is 4.52. The topological polar surface area (TPSA) is 49.3 Å². The van der Waals surface area contributed by atoms with E-state index in [1.807, 2.05) is 30.3 Å². The molecule has 100 valence electrons. The molecule has 1 aromatic rings. The number of rotatable bonds is 8. The number of hydrogen-bond acceptors (Lipinski definition) is 2. The van der Waals surface area contributed by atoms with Crippen LogP contribution in [0.25, 0.3) is 0 Å². The van der Waals surface area contributed by atoms with Crippen molar-refractivity contribution >= 4 is 5.91 Å². The summed E-state index contributed by atoms with van der Waals surface area (Å²) < 4.78 is 0. The predicted octanol–water partition coefficient (Wildman–Crippen LogP) is 2.81. The van der Waals surface area contributed by atoms with Crippen molar-refractivity contribution in [1.29, 1.82) is 0 Å². The summed E-state index contributed by atoms with van der Waals surface area (Å²) in [5, 5.41) is 12.2. The molecule has 2 N–H and O–H groups in total. The van der Waals surface area contributed by atoms with Crippen LogP contribution in [0, 0.1) is 0 Å². The quantitative estimate of drug-likeness (QED) is 0.696. The van der Waals surface area contributed by atoms with Gasteiger partial charge in [-0.15, -0.1) is 0 Å². The highest BCUT2D eigenvalue weighted by Crippen LogP contribution is 2.12. The van der Waals surface area contributed by atoms with Crippen molar-refractivity contribution in [1.82, 2.24) is 5.32 Å². The summed E-state index contributed by atoms with van der Waals surface area (Å²) in [6.07, 6.45) is 4.91. The Balaban J connectivity index is 2.37. The van der Waals surface area contributed by atoms with Crippen molar-refractivity contribution in [2.75, 3.05) is 6.61 Å². The Kier molecular flexibility index (Phi) is 7.11. The Hall–Kier alpha value is -1.35. The molecule has 1 amide bonds. The first-order chi connectivity index (χ1) is 8.77. The monoisotopic (exact) mass is 249 g/mol. The smallest absolute Gasteiger partial charge is 0.220 e. The fourth-order valence-corrected chi connectivity index (χ4v) is 1.90. The van der Waals surface area contributed by atoms with E-state index >= 15 is 0 Å². The third kappa shape index (κ3) is 5.32. The molecule has 1 unspecified atom stereocenters. The summed E-state index contributed by atoms with van der Waals surface area (Å²) in [4.78, 5) is 11.7. The van der Waals surface area contributed by atoms with Crippen LogP contribution in [0.4, 0.5) is 0 Å². The second kappa shape index (κ2) is 8.70. The van der Waals surface area contributed by atoms with E-state index in [0.717, 1.165) is 18.4 Å². The number of benzene rings is 1. The molecule has 1 rings (SSSR count). The molecule has 0 fully saturated rings. The highest BCUT2D eigenvalue weighted by molar-refractivity contribution is 5.76. The van der Waals surface area contributed by atoms with E-state index in [0.29, 0.717) is 6.42 Å². The van der Waals surface area contributed by atoms with Crippen LogP contribution in [0.1, 0.15) is 50.6 Å². The number of aliphatic hydroxyl groups is 1. The lowest BCUT2D eigenvalue weighted by Gasteiger charge is -2.16. The Morgan fingerprint density at radius 1 is 1.22 bits per heavy atom. The summed E-state index contributed by atoms with van der Waals surface area (Å²) in [6, 6.07) is 9.28. The Bertz CT molecular complexity index is 338. The molecule has 0 aromatic heterocycles. The van der Waals surface area contributed by atoms with Gasteiger partial charge >= 0.3 is 0 Å². The van der Waals surface area contributed by atoms with Gasteiger partial charge in [0.25, 0.3) is 0 Å². The van der Waals surface area contributed by atoms with Gasteiger partial charge in [0.15, 0.2) is 0 Å². The van der Waals surface area contributed by atoms with Crippen molar-refractivity contribution in [3.05, 3.63) is 35.9 Å². The Labute approximate surface area is 109 Å². The summed E-state index contributed by atoms with van der Waals surface area (Å²) >= 11 is 0. The number of carbonyl (C=O) groups is 1. The minimum absolute atomic E-state index is 0.0222. The number of aliphatic hydroxyl groups excluding tert-OH is 1. The number of nitrogens with one attached hydrogen (secondary N) is 1. The Morgan fingerprint density at radius 3 is 2.56 bits per heavy atom. The van der Waals surface area contributed by atoms with Gasteiger partial charge in [-0.05, 0) is 12.0 Å². The molecule has 0 aliphatic heterocycles. The van der Waals surface area contributed by atoms with Crippen LogP contribution >= 0.6 is 0 Å². The van der Waals surface area contributed by atoms with Gasteiger partial charge in [-0.25, -0.2) is 0 Å². The van der Waals surface area contributed by atoms with Gasteiger partial charge in [0.1, 0.15) is 0 Å². The minimum Gasteiger partial charge on any atom is -0.394 e. The van der Waals surface area contributed by atoms with E-state index in [-0.39, 0.29) is 18.6 Å². The molecule has 0 aliphatic carbocycles. The lowest BCUT2D eigenvalue weighted by atomic mass is 10.1. The van der Waals surface area contributed by atoms with Gasteiger partial charge in [0.05, 0.1) is 12.6 Å². The van der Waals surface area contributed by atoms with Crippen LogP contribution in [-0.2, 0) is 4.79 Å². The molecule has 0 saturated heterocycles. The van der Waals surface area contributed by atoms with Crippen molar-refractivity contribution in [2.45, 2.75) is 45.1 Å². The maximum Gasteiger partial charge on any atom is 0.220 e. The maximum absolute atomic E-state index is 11.7. The summed E-state index contributed by atoms with van der Waals surface area (Å²) in [7, 11) is 0. The number of carbonyl (C=O) groups excluding carboxylic acids is 1.